The maximum absolute atomic E-state index is 9.03. The van der Waals surface area contributed by atoms with E-state index in [1.165, 1.54) is 5.69 Å². The molecule has 1 aromatic carbocycles. The normalized spacial score (nSPS) is 21.6. The molecule has 0 amide bonds. The first-order valence-electron chi connectivity index (χ1n) is 4.91. The molecule has 1 unspecified atom stereocenters. The zero-order valence-electron chi connectivity index (χ0n) is 7.99. The molecule has 0 aliphatic carbocycles. The molecule has 0 aromatic heterocycles. The molecular weight excluding hydrogens is 198 g/mol. The molecule has 1 fully saturated rings. The summed E-state index contributed by atoms with van der Waals surface area (Å²) >= 11 is 5.82. The number of rotatable bonds is 2. The number of hydrogen-bond acceptors (Lipinski definition) is 2. The molecule has 0 saturated carbocycles. The van der Waals surface area contributed by atoms with Crippen LogP contribution in [0.4, 0.5) is 5.69 Å². The third-order valence-electron chi connectivity index (χ3n) is 2.74. The molecule has 1 aliphatic heterocycles. The molecule has 76 valence electrons. The predicted octanol–water partition coefficient (Wildman–Crippen LogP) is 2.16. The van der Waals surface area contributed by atoms with Crippen LogP contribution in [0.2, 0.25) is 5.02 Å². The summed E-state index contributed by atoms with van der Waals surface area (Å²) in [6, 6.07) is 7.87. The van der Waals surface area contributed by atoms with Crippen molar-refractivity contribution in [3.05, 3.63) is 29.3 Å². The summed E-state index contributed by atoms with van der Waals surface area (Å²) in [6.45, 7) is 2.29. The Morgan fingerprint density at radius 2 is 2.07 bits per heavy atom. The fourth-order valence-corrected chi connectivity index (χ4v) is 1.99. The third-order valence-corrected chi connectivity index (χ3v) is 2.99. The monoisotopic (exact) mass is 211 g/mol. The van der Waals surface area contributed by atoms with Gasteiger partial charge in [0, 0.05) is 36.3 Å². The average Bonchev–Trinajstić information content (AvgIpc) is 2.67. The Morgan fingerprint density at radius 3 is 2.64 bits per heavy atom. The van der Waals surface area contributed by atoms with Crippen molar-refractivity contribution >= 4 is 17.3 Å². The van der Waals surface area contributed by atoms with E-state index in [9.17, 15) is 0 Å². The van der Waals surface area contributed by atoms with Gasteiger partial charge >= 0.3 is 0 Å². The summed E-state index contributed by atoms with van der Waals surface area (Å²) in [7, 11) is 0. The van der Waals surface area contributed by atoms with E-state index < -0.39 is 0 Å². The van der Waals surface area contributed by atoms with Crippen LogP contribution in [0.1, 0.15) is 6.42 Å². The average molecular weight is 212 g/mol. The lowest BCUT2D eigenvalue weighted by molar-refractivity contribution is 0.238. The molecule has 1 saturated heterocycles. The predicted molar refractivity (Wildman–Crippen MR) is 58.9 cm³/mol. The first-order valence-corrected chi connectivity index (χ1v) is 5.29. The Hall–Kier alpha value is -0.730. The van der Waals surface area contributed by atoms with E-state index in [2.05, 4.69) is 4.90 Å². The van der Waals surface area contributed by atoms with Crippen molar-refractivity contribution in [3.63, 3.8) is 0 Å². The van der Waals surface area contributed by atoms with Crippen LogP contribution in [0.5, 0.6) is 0 Å². The minimum Gasteiger partial charge on any atom is -0.396 e. The standard InChI is InChI=1S/C11H14ClNO/c12-10-1-3-11(4-2-10)13-6-5-9(7-13)8-14/h1-4,9,14H,5-8H2. The lowest BCUT2D eigenvalue weighted by atomic mass is 10.1. The second-order valence-electron chi connectivity index (χ2n) is 3.76. The Morgan fingerprint density at radius 1 is 1.36 bits per heavy atom. The van der Waals surface area contributed by atoms with Crippen LogP contribution in [0.3, 0.4) is 0 Å². The lowest BCUT2D eigenvalue weighted by Gasteiger charge is -2.18. The third kappa shape index (κ3) is 2.02. The van der Waals surface area contributed by atoms with Crippen molar-refractivity contribution in [3.8, 4) is 0 Å². The van der Waals surface area contributed by atoms with Gasteiger partial charge in [0.05, 0.1) is 0 Å². The smallest absolute Gasteiger partial charge is 0.0476 e. The van der Waals surface area contributed by atoms with Crippen LogP contribution >= 0.6 is 11.6 Å². The van der Waals surface area contributed by atoms with Gasteiger partial charge in [0.1, 0.15) is 0 Å². The number of halogens is 1. The number of aliphatic hydroxyl groups excluding tert-OH is 1. The molecule has 14 heavy (non-hydrogen) atoms. The van der Waals surface area contributed by atoms with Gasteiger partial charge in [-0.2, -0.15) is 0 Å². The summed E-state index contributed by atoms with van der Waals surface area (Å²) in [5.41, 5.74) is 1.20. The number of aliphatic hydroxyl groups is 1. The van der Waals surface area contributed by atoms with E-state index in [-0.39, 0.29) is 0 Å². The van der Waals surface area contributed by atoms with Crippen molar-refractivity contribution < 1.29 is 5.11 Å². The van der Waals surface area contributed by atoms with Crippen molar-refractivity contribution in [2.24, 2.45) is 5.92 Å². The van der Waals surface area contributed by atoms with Crippen LogP contribution in [-0.4, -0.2) is 24.8 Å². The fourth-order valence-electron chi connectivity index (χ4n) is 1.87. The molecule has 0 spiro atoms. The van der Waals surface area contributed by atoms with E-state index in [4.69, 9.17) is 16.7 Å². The Labute approximate surface area is 89.1 Å². The molecule has 2 rings (SSSR count). The second kappa shape index (κ2) is 4.20. The molecule has 1 heterocycles. The van der Waals surface area contributed by atoms with Crippen molar-refractivity contribution in [1.82, 2.24) is 0 Å². The van der Waals surface area contributed by atoms with E-state index >= 15 is 0 Å². The molecule has 1 aliphatic rings. The van der Waals surface area contributed by atoms with Crippen LogP contribution in [0, 0.1) is 5.92 Å². The maximum Gasteiger partial charge on any atom is 0.0476 e. The van der Waals surface area contributed by atoms with Crippen LogP contribution in [0.25, 0.3) is 0 Å². The van der Waals surface area contributed by atoms with E-state index in [0.717, 1.165) is 24.5 Å². The van der Waals surface area contributed by atoms with E-state index in [1.54, 1.807) is 0 Å². The highest BCUT2D eigenvalue weighted by Crippen LogP contribution is 2.24. The van der Waals surface area contributed by atoms with Gasteiger partial charge in [0.25, 0.3) is 0 Å². The number of benzene rings is 1. The van der Waals surface area contributed by atoms with Gasteiger partial charge in [-0.25, -0.2) is 0 Å². The minimum absolute atomic E-state index is 0.296. The van der Waals surface area contributed by atoms with Gasteiger partial charge in [0.2, 0.25) is 0 Å². The number of nitrogens with zero attached hydrogens (tertiary/aromatic N) is 1. The molecule has 0 radical (unpaired) electrons. The SMILES string of the molecule is OCC1CCN(c2ccc(Cl)cc2)C1. The summed E-state index contributed by atoms with van der Waals surface area (Å²) in [4.78, 5) is 2.29. The lowest BCUT2D eigenvalue weighted by Crippen LogP contribution is -2.20. The summed E-state index contributed by atoms with van der Waals surface area (Å²) in [6.07, 6.45) is 1.08. The Kier molecular flexibility index (Phi) is 2.94. The highest BCUT2D eigenvalue weighted by atomic mass is 35.5. The van der Waals surface area contributed by atoms with Gasteiger partial charge in [0.15, 0.2) is 0 Å². The topological polar surface area (TPSA) is 23.5 Å². The van der Waals surface area contributed by atoms with E-state index in [1.807, 2.05) is 24.3 Å². The number of anilines is 1. The molecule has 2 nitrogen and oxygen atoms in total. The molecule has 1 N–H and O–H groups in total. The maximum atomic E-state index is 9.03. The van der Waals surface area contributed by atoms with Crippen LogP contribution in [-0.2, 0) is 0 Å². The van der Waals surface area contributed by atoms with Gasteiger partial charge < -0.3 is 10.0 Å². The summed E-state index contributed by atoms with van der Waals surface area (Å²) < 4.78 is 0. The first kappa shape index (κ1) is 9.81. The quantitative estimate of drug-likeness (QED) is 0.811. The second-order valence-corrected chi connectivity index (χ2v) is 4.20. The highest BCUT2D eigenvalue weighted by molar-refractivity contribution is 6.30. The Bertz CT molecular complexity index is 299. The highest BCUT2D eigenvalue weighted by Gasteiger charge is 2.21. The van der Waals surface area contributed by atoms with Gasteiger partial charge in [-0.1, -0.05) is 11.6 Å². The van der Waals surface area contributed by atoms with Gasteiger partial charge in [-0.15, -0.1) is 0 Å². The minimum atomic E-state index is 0.296. The number of hydrogen-bond donors (Lipinski definition) is 1. The van der Waals surface area contributed by atoms with Crippen molar-refractivity contribution in [1.29, 1.82) is 0 Å². The first-order chi connectivity index (χ1) is 6.79. The zero-order chi connectivity index (χ0) is 9.97. The summed E-state index contributed by atoms with van der Waals surface area (Å²) in [5, 5.41) is 9.80. The summed E-state index contributed by atoms with van der Waals surface area (Å²) in [5.74, 6) is 0.436. The van der Waals surface area contributed by atoms with E-state index in [0.29, 0.717) is 12.5 Å². The largest absolute Gasteiger partial charge is 0.396 e. The van der Waals surface area contributed by atoms with Crippen molar-refractivity contribution in [2.75, 3.05) is 24.6 Å². The van der Waals surface area contributed by atoms with Gasteiger partial charge in [-0.05, 0) is 30.7 Å². The molecule has 1 atom stereocenters. The Balaban J connectivity index is 2.06. The molecule has 1 aromatic rings. The van der Waals surface area contributed by atoms with Crippen molar-refractivity contribution in [2.45, 2.75) is 6.42 Å². The van der Waals surface area contributed by atoms with Crippen LogP contribution < -0.4 is 4.90 Å². The van der Waals surface area contributed by atoms with Gasteiger partial charge in [-0.3, -0.25) is 0 Å². The van der Waals surface area contributed by atoms with Crippen LogP contribution in [0.15, 0.2) is 24.3 Å². The molecular formula is C11H14ClNO. The molecule has 3 heteroatoms. The molecule has 0 bridgehead atoms. The fraction of sp³-hybridized carbons (Fsp3) is 0.455. The zero-order valence-corrected chi connectivity index (χ0v) is 8.74.